The topological polar surface area (TPSA) is 21.3 Å². The van der Waals surface area contributed by atoms with E-state index in [0.29, 0.717) is 0 Å². The molecule has 17 heavy (non-hydrogen) atoms. The van der Waals surface area contributed by atoms with Gasteiger partial charge in [0.2, 0.25) is 0 Å². The van der Waals surface area contributed by atoms with Crippen molar-refractivity contribution in [3.63, 3.8) is 0 Å². The Morgan fingerprint density at radius 1 is 1.29 bits per heavy atom. The van der Waals surface area contributed by atoms with E-state index in [1.807, 2.05) is 24.3 Å². The van der Waals surface area contributed by atoms with Gasteiger partial charge in [0.05, 0.1) is 6.10 Å². The number of ether oxygens (including phenoxy) is 1. The molecule has 96 valence electrons. The molecule has 1 N–H and O–H groups in total. The molecule has 0 spiro atoms. The molecule has 0 aromatic heterocycles. The number of hydrogen-bond acceptors (Lipinski definition) is 2. The summed E-state index contributed by atoms with van der Waals surface area (Å²) < 4.78 is 5.90. The Morgan fingerprint density at radius 3 is 2.71 bits per heavy atom. The summed E-state index contributed by atoms with van der Waals surface area (Å²) in [6.45, 7) is 6.80. The van der Waals surface area contributed by atoms with Gasteiger partial charge in [-0.2, -0.15) is 0 Å². The minimum Gasteiger partial charge on any atom is -0.372 e. The molecule has 0 saturated heterocycles. The van der Waals surface area contributed by atoms with Gasteiger partial charge >= 0.3 is 0 Å². The van der Waals surface area contributed by atoms with Crippen LogP contribution in [0.1, 0.15) is 38.4 Å². The van der Waals surface area contributed by atoms with Gasteiger partial charge in [0.1, 0.15) is 0 Å². The fourth-order valence-electron chi connectivity index (χ4n) is 1.64. The first-order valence-corrected chi connectivity index (χ1v) is 6.74. The number of rotatable bonds is 8. The van der Waals surface area contributed by atoms with E-state index in [1.165, 1.54) is 0 Å². The standard InChI is InChI=1S/C14H22ClNO/c1-3-5-10-17-14(11-16-4-2)12-8-6-7-9-13(12)15/h6-9,14,16H,3-5,10-11H2,1-2H3. The summed E-state index contributed by atoms with van der Waals surface area (Å²) in [5.74, 6) is 0. The highest BCUT2D eigenvalue weighted by atomic mass is 35.5. The molecule has 0 heterocycles. The largest absolute Gasteiger partial charge is 0.372 e. The quantitative estimate of drug-likeness (QED) is 0.714. The van der Waals surface area contributed by atoms with E-state index >= 15 is 0 Å². The summed E-state index contributed by atoms with van der Waals surface area (Å²) in [5, 5.41) is 4.10. The molecule has 1 rings (SSSR count). The first-order chi connectivity index (χ1) is 8.29. The van der Waals surface area contributed by atoms with Crippen molar-refractivity contribution in [3.8, 4) is 0 Å². The molecule has 0 saturated carbocycles. The Morgan fingerprint density at radius 2 is 2.06 bits per heavy atom. The minimum absolute atomic E-state index is 0.0511. The van der Waals surface area contributed by atoms with Crippen LogP contribution in [0.3, 0.4) is 0 Å². The van der Waals surface area contributed by atoms with Gasteiger partial charge in [0, 0.05) is 23.7 Å². The van der Waals surface area contributed by atoms with E-state index < -0.39 is 0 Å². The third-order valence-corrected chi connectivity index (χ3v) is 2.99. The van der Waals surface area contributed by atoms with E-state index in [2.05, 4.69) is 19.2 Å². The summed E-state index contributed by atoms with van der Waals surface area (Å²) in [7, 11) is 0. The third-order valence-electron chi connectivity index (χ3n) is 2.65. The molecule has 1 aromatic rings. The Kier molecular flexibility index (Phi) is 7.25. The molecular weight excluding hydrogens is 234 g/mol. The minimum atomic E-state index is 0.0511. The van der Waals surface area contributed by atoms with Crippen LogP contribution in [-0.4, -0.2) is 19.7 Å². The molecule has 0 amide bonds. The number of likely N-dealkylation sites (N-methyl/N-ethyl adjacent to an activating group) is 1. The van der Waals surface area contributed by atoms with Gasteiger partial charge in [-0.1, -0.05) is 50.1 Å². The van der Waals surface area contributed by atoms with Crippen LogP contribution in [-0.2, 0) is 4.74 Å². The second-order valence-corrected chi connectivity index (χ2v) is 4.45. The van der Waals surface area contributed by atoms with Gasteiger partial charge < -0.3 is 10.1 Å². The Bertz CT molecular complexity index is 317. The zero-order valence-corrected chi connectivity index (χ0v) is 11.5. The summed E-state index contributed by atoms with van der Waals surface area (Å²) in [4.78, 5) is 0. The van der Waals surface area contributed by atoms with Crippen molar-refractivity contribution in [2.45, 2.75) is 32.8 Å². The molecular formula is C14H22ClNO. The molecule has 0 radical (unpaired) electrons. The molecule has 1 aromatic carbocycles. The van der Waals surface area contributed by atoms with Crippen LogP contribution in [0.2, 0.25) is 5.02 Å². The highest BCUT2D eigenvalue weighted by Gasteiger charge is 2.14. The van der Waals surface area contributed by atoms with E-state index in [4.69, 9.17) is 16.3 Å². The monoisotopic (exact) mass is 255 g/mol. The molecule has 0 bridgehead atoms. The van der Waals surface area contributed by atoms with Gasteiger partial charge in [0.15, 0.2) is 0 Å². The van der Waals surface area contributed by atoms with Crippen molar-refractivity contribution in [2.24, 2.45) is 0 Å². The third kappa shape index (κ3) is 5.07. The second-order valence-electron chi connectivity index (χ2n) is 4.04. The molecule has 1 unspecified atom stereocenters. The van der Waals surface area contributed by atoms with Crippen molar-refractivity contribution >= 4 is 11.6 Å². The second kappa shape index (κ2) is 8.51. The Hall–Kier alpha value is -0.570. The van der Waals surface area contributed by atoms with Crippen LogP contribution < -0.4 is 5.32 Å². The van der Waals surface area contributed by atoms with Crippen LogP contribution >= 0.6 is 11.6 Å². The number of hydrogen-bond donors (Lipinski definition) is 1. The highest BCUT2D eigenvalue weighted by molar-refractivity contribution is 6.31. The lowest BCUT2D eigenvalue weighted by molar-refractivity contribution is 0.0511. The Balaban J connectivity index is 2.64. The average Bonchev–Trinajstić information content (AvgIpc) is 2.35. The molecule has 0 aliphatic carbocycles. The predicted octanol–water partition coefficient (Wildman–Crippen LogP) is 3.81. The maximum absolute atomic E-state index is 6.20. The van der Waals surface area contributed by atoms with E-state index in [-0.39, 0.29) is 6.10 Å². The predicted molar refractivity (Wildman–Crippen MR) is 73.6 cm³/mol. The molecule has 0 fully saturated rings. The van der Waals surface area contributed by atoms with Crippen LogP contribution in [0.5, 0.6) is 0 Å². The zero-order valence-electron chi connectivity index (χ0n) is 10.7. The van der Waals surface area contributed by atoms with Crippen molar-refractivity contribution in [1.82, 2.24) is 5.32 Å². The van der Waals surface area contributed by atoms with Gasteiger partial charge in [-0.15, -0.1) is 0 Å². The van der Waals surface area contributed by atoms with Crippen molar-refractivity contribution < 1.29 is 4.74 Å². The van der Waals surface area contributed by atoms with Crippen LogP contribution in [0.25, 0.3) is 0 Å². The van der Waals surface area contributed by atoms with Crippen LogP contribution in [0.4, 0.5) is 0 Å². The maximum atomic E-state index is 6.20. The summed E-state index contributed by atoms with van der Waals surface area (Å²) >= 11 is 6.20. The summed E-state index contributed by atoms with van der Waals surface area (Å²) in [6, 6.07) is 7.90. The molecule has 2 nitrogen and oxygen atoms in total. The van der Waals surface area contributed by atoms with E-state index in [1.54, 1.807) is 0 Å². The van der Waals surface area contributed by atoms with Crippen molar-refractivity contribution in [3.05, 3.63) is 34.9 Å². The summed E-state index contributed by atoms with van der Waals surface area (Å²) in [5.41, 5.74) is 1.08. The first kappa shape index (κ1) is 14.5. The lowest BCUT2D eigenvalue weighted by Gasteiger charge is -2.19. The number of nitrogens with one attached hydrogen (secondary N) is 1. The maximum Gasteiger partial charge on any atom is 0.0963 e. The SMILES string of the molecule is CCCCOC(CNCC)c1ccccc1Cl. The number of unbranched alkanes of at least 4 members (excludes halogenated alkanes) is 1. The molecule has 0 aliphatic rings. The lowest BCUT2D eigenvalue weighted by atomic mass is 10.1. The molecule has 1 atom stereocenters. The smallest absolute Gasteiger partial charge is 0.0963 e. The summed E-state index contributed by atoms with van der Waals surface area (Å²) in [6.07, 6.45) is 2.29. The fourth-order valence-corrected chi connectivity index (χ4v) is 1.90. The van der Waals surface area contributed by atoms with Crippen LogP contribution in [0, 0.1) is 0 Å². The Labute approximate surface area is 109 Å². The van der Waals surface area contributed by atoms with Gasteiger partial charge in [0.25, 0.3) is 0 Å². The lowest BCUT2D eigenvalue weighted by Crippen LogP contribution is -2.23. The van der Waals surface area contributed by atoms with E-state index in [0.717, 1.165) is 43.1 Å². The van der Waals surface area contributed by atoms with Gasteiger partial charge in [-0.05, 0) is 19.0 Å². The van der Waals surface area contributed by atoms with Crippen molar-refractivity contribution in [2.75, 3.05) is 19.7 Å². The zero-order chi connectivity index (χ0) is 12.5. The molecule has 0 aliphatic heterocycles. The van der Waals surface area contributed by atoms with Crippen LogP contribution in [0.15, 0.2) is 24.3 Å². The molecule has 3 heteroatoms. The average molecular weight is 256 g/mol. The highest BCUT2D eigenvalue weighted by Crippen LogP contribution is 2.25. The number of benzene rings is 1. The van der Waals surface area contributed by atoms with Gasteiger partial charge in [-0.3, -0.25) is 0 Å². The fraction of sp³-hybridized carbons (Fsp3) is 0.571. The number of halogens is 1. The van der Waals surface area contributed by atoms with Crippen molar-refractivity contribution in [1.29, 1.82) is 0 Å². The first-order valence-electron chi connectivity index (χ1n) is 6.36. The van der Waals surface area contributed by atoms with E-state index in [9.17, 15) is 0 Å². The normalized spacial score (nSPS) is 12.6. The van der Waals surface area contributed by atoms with Gasteiger partial charge in [-0.25, -0.2) is 0 Å².